The van der Waals surface area contributed by atoms with Crippen LogP contribution < -0.4 is 11.5 Å². The first-order valence-corrected chi connectivity index (χ1v) is 7.89. The summed E-state index contributed by atoms with van der Waals surface area (Å²) in [6, 6.07) is 8.77. The SMILES string of the molecule is Cc1cc(Cc2c(C(N)=O)ccc3cc(C(N)=O)ccc23)c(C(F)(F)F)o1. The first-order valence-electron chi connectivity index (χ1n) is 7.89. The molecule has 1 aromatic heterocycles. The predicted octanol–water partition coefficient (Wildman–Crippen LogP) is 3.55. The highest BCUT2D eigenvalue weighted by Gasteiger charge is 2.38. The first-order chi connectivity index (χ1) is 12.6. The molecule has 0 aliphatic heterocycles. The first kappa shape index (κ1) is 18.5. The molecule has 0 fully saturated rings. The minimum absolute atomic E-state index is 0.0984. The second kappa shape index (κ2) is 6.46. The second-order valence-corrected chi connectivity index (χ2v) is 6.14. The lowest BCUT2D eigenvalue weighted by Gasteiger charge is -2.13. The number of carbonyl (C=O) groups excluding carboxylic acids is 2. The van der Waals surface area contributed by atoms with Gasteiger partial charge in [-0.05, 0) is 47.5 Å². The number of alkyl halides is 3. The highest BCUT2D eigenvalue weighted by atomic mass is 19.4. The summed E-state index contributed by atoms with van der Waals surface area (Å²) in [4.78, 5) is 23.2. The number of furan rings is 1. The molecule has 5 nitrogen and oxygen atoms in total. The van der Waals surface area contributed by atoms with Gasteiger partial charge in [0.05, 0.1) is 0 Å². The summed E-state index contributed by atoms with van der Waals surface area (Å²) in [5.41, 5.74) is 11.2. The molecule has 0 aliphatic rings. The number of hydrogen-bond acceptors (Lipinski definition) is 3. The molecule has 2 amide bonds. The molecule has 1 heterocycles. The molecule has 3 rings (SSSR count). The minimum Gasteiger partial charge on any atom is -0.456 e. The van der Waals surface area contributed by atoms with Crippen molar-refractivity contribution in [3.63, 3.8) is 0 Å². The summed E-state index contributed by atoms with van der Waals surface area (Å²) in [6.45, 7) is 1.41. The highest BCUT2D eigenvalue weighted by molar-refractivity contribution is 6.03. The van der Waals surface area contributed by atoms with Crippen molar-refractivity contribution in [1.29, 1.82) is 0 Å². The van der Waals surface area contributed by atoms with E-state index in [1.165, 1.54) is 37.3 Å². The van der Waals surface area contributed by atoms with Gasteiger partial charge in [-0.3, -0.25) is 9.59 Å². The van der Waals surface area contributed by atoms with Crippen LogP contribution in [0.3, 0.4) is 0 Å². The number of fused-ring (bicyclic) bond motifs is 1. The van der Waals surface area contributed by atoms with E-state index >= 15 is 0 Å². The molecule has 0 spiro atoms. The summed E-state index contributed by atoms with van der Waals surface area (Å²) >= 11 is 0. The number of halogens is 3. The fraction of sp³-hybridized carbons (Fsp3) is 0.158. The Morgan fingerprint density at radius 2 is 1.74 bits per heavy atom. The number of nitrogens with two attached hydrogens (primary N) is 2. The maximum Gasteiger partial charge on any atom is 0.449 e. The van der Waals surface area contributed by atoms with E-state index in [0.29, 0.717) is 16.3 Å². The Kier molecular flexibility index (Phi) is 4.43. The third kappa shape index (κ3) is 3.51. The average Bonchev–Trinajstić information content (AvgIpc) is 2.95. The van der Waals surface area contributed by atoms with Crippen LogP contribution in [0.2, 0.25) is 0 Å². The van der Waals surface area contributed by atoms with Gasteiger partial charge in [0.2, 0.25) is 17.6 Å². The molecule has 0 saturated heterocycles. The molecular formula is C19H15F3N2O3. The average molecular weight is 376 g/mol. The third-order valence-electron chi connectivity index (χ3n) is 4.24. The molecule has 0 unspecified atom stereocenters. The monoisotopic (exact) mass is 376 g/mol. The summed E-state index contributed by atoms with van der Waals surface area (Å²) in [5, 5.41) is 1.06. The molecule has 0 bridgehead atoms. The molecular weight excluding hydrogens is 361 g/mol. The van der Waals surface area contributed by atoms with Crippen molar-refractivity contribution in [3.8, 4) is 0 Å². The highest BCUT2D eigenvalue weighted by Crippen LogP contribution is 2.36. The van der Waals surface area contributed by atoms with E-state index in [9.17, 15) is 22.8 Å². The van der Waals surface area contributed by atoms with Gasteiger partial charge in [-0.2, -0.15) is 13.2 Å². The molecule has 140 valence electrons. The number of rotatable bonds is 4. The standard InChI is InChI=1S/C19H15F3N2O3/c1-9-6-12(16(27-9)19(20,21)22)8-15-13-4-3-11(17(23)25)7-10(13)2-5-14(15)18(24)26/h2-7H,8H2,1H3,(H2,23,25)(H2,24,26). The smallest absolute Gasteiger partial charge is 0.449 e. The van der Waals surface area contributed by atoms with Crippen molar-refractivity contribution in [2.45, 2.75) is 19.5 Å². The van der Waals surface area contributed by atoms with E-state index in [-0.39, 0.29) is 28.9 Å². The zero-order valence-corrected chi connectivity index (χ0v) is 14.2. The van der Waals surface area contributed by atoms with Crippen LogP contribution >= 0.6 is 0 Å². The van der Waals surface area contributed by atoms with Crippen LogP contribution in [-0.2, 0) is 12.6 Å². The molecule has 2 aromatic carbocycles. The van der Waals surface area contributed by atoms with Gasteiger partial charge in [0, 0.05) is 23.1 Å². The largest absolute Gasteiger partial charge is 0.456 e. The van der Waals surface area contributed by atoms with Crippen LogP contribution in [0.4, 0.5) is 13.2 Å². The number of aryl methyl sites for hydroxylation is 1. The summed E-state index contributed by atoms with van der Waals surface area (Å²) in [5.74, 6) is -2.41. The van der Waals surface area contributed by atoms with E-state index in [4.69, 9.17) is 15.9 Å². The maximum atomic E-state index is 13.2. The van der Waals surface area contributed by atoms with Crippen LogP contribution in [-0.4, -0.2) is 11.8 Å². The predicted molar refractivity (Wildman–Crippen MR) is 92.2 cm³/mol. The van der Waals surface area contributed by atoms with Gasteiger partial charge in [0.1, 0.15) is 5.76 Å². The molecule has 4 N–H and O–H groups in total. The van der Waals surface area contributed by atoms with E-state index in [1.54, 1.807) is 6.07 Å². The summed E-state index contributed by atoms with van der Waals surface area (Å²) in [6.07, 6.45) is -4.88. The Labute approximate surface area is 151 Å². The Balaban J connectivity index is 2.22. The van der Waals surface area contributed by atoms with Gasteiger partial charge in [-0.25, -0.2) is 0 Å². The third-order valence-corrected chi connectivity index (χ3v) is 4.24. The van der Waals surface area contributed by atoms with E-state index < -0.39 is 23.8 Å². The van der Waals surface area contributed by atoms with Crippen LogP contribution in [0, 0.1) is 6.92 Å². The van der Waals surface area contributed by atoms with Crippen LogP contribution in [0.15, 0.2) is 40.8 Å². The van der Waals surface area contributed by atoms with Crippen LogP contribution in [0.5, 0.6) is 0 Å². The number of hydrogen-bond donors (Lipinski definition) is 2. The quantitative estimate of drug-likeness (QED) is 0.728. The molecule has 0 atom stereocenters. The lowest BCUT2D eigenvalue weighted by molar-refractivity contribution is -0.153. The number of amides is 2. The molecule has 3 aromatic rings. The zero-order valence-electron chi connectivity index (χ0n) is 14.2. The molecule has 27 heavy (non-hydrogen) atoms. The molecule has 0 radical (unpaired) electrons. The van der Waals surface area contributed by atoms with Gasteiger partial charge in [0.25, 0.3) is 0 Å². The van der Waals surface area contributed by atoms with Gasteiger partial charge in [0.15, 0.2) is 0 Å². The fourth-order valence-electron chi connectivity index (χ4n) is 3.10. The lowest BCUT2D eigenvalue weighted by atomic mass is 9.92. The van der Waals surface area contributed by atoms with Crippen molar-refractivity contribution in [2.75, 3.05) is 0 Å². The molecule has 8 heteroatoms. The molecule has 0 aliphatic carbocycles. The number of carbonyl (C=O) groups is 2. The van der Waals surface area contributed by atoms with Crippen molar-refractivity contribution in [2.24, 2.45) is 11.5 Å². The Bertz CT molecular complexity index is 1070. The summed E-state index contributed by atoms with van der Waals surface area (Å²) in [7, 11) is 0. The topological polar surface area (TPSA) is 99.3 Å². The Morgan fingerprint density at radius 3 is 2.33 bits per heavy atom. The normalized spacial score (nSPS) is 11.7. The fourth-order valence-corrected chi connectivity index (χ4v) is 3.10. The van der Waals surface area contributed by atoms with Crippen molar-refractivity contribution < 1.29 is 27.2 Å². The van der Waals surface area contributed by atoms with E-state index in [2.05, 4.69) is 0 Å². The van der Waals surface area contributed by atoms with E-state index in [1.807, 2.05) is 0 Å². The minimum atomic E-state index is -4.67. The number of benzene rings is 2. The van der Waals surface area contributed by atoms with Crippen molar-refractivity contribution in [1.82, 2.24) is 0 Å². The Morgan fingerprint density at radius 1 is 1.04 bits per heavy atom. The molecule has 0 saturated carbocycles. The number of primary amides is 2. The van der Waals surface area contributed by atoms with Gasteiger partial charge in [-0.1, -0.05) is 12.1 Å². The van der Waals surface area contributed by atoms with Crippen molar-refractivity contribution in [3.05, 3.63) is 70.2 Å². The van der Waals surface area contributed by atoms with Gasteiger partial charge >= 0.3 is 6.18 Å². The lowest BCUT2D eigenvalue weighted by Crippen LogP contribution is -2.15. The van der Waals surface area contributed by atoms with Crippen LogP contribution in [0.1, 0.15) is 43.4 Å². The Hall–Kier alpha value is -3.29. The summed E-state index contributed by atoms with van der Waals surface area (Å²) < 4.78 is 44.5. The zero-order chi connectivity index (χ0) is 19.9. The van der Waals surface area contributed by atoms with Gasteiger partial charge in [-0.15, -0.1) is 0 Å². The van der Waals surface area contributed by atoms with Crippen LogP contribution in [0.25, 0.3) is 10.8 Å². The second-order valence-electron chi connectivity index (χ2n) is 6.14. The van der Waals surface area contributed by atoms with Gasteiger partial charge < -0.3 is 15.9 Å². The van der Waals surface area contributed by atoms with Crippen molar-refractivity contribution >= 4 is 22.6 Å². The van der Waals surface area contributed by atoms with E-state index in [0.717, 1.165) is 0 Å². The maximum absolute atomic E-state index is 13.2.